The van der Waals surface area contributed by atoms with Crippen molar-refractivity contribution in [2.75, 3.05) is 19.6 Å². The van der Waals surface area contributed by atoms with Crippen LogP contribution in [0.1, 0.15) is 55.9 Å². The van der Waals surface area contributed by atoms with Crippen molar-refractivity contribution in [3.63, 3.8) is 0 Å². The van der Waals surface area contributed by atoms with Crippen LogP contribution in [0.15, 0.2) is 36.4 Å². The second kappa shape index (κ2) is 11.8. The molecule has 7 heteroatoms. The van der Waals surface area contributed by atoms with E-state index in [4.69, 9.17) is 0 Å². The van der Waals surface area contributed by atoms with Crippen molar-refractivity contribution in [1.29, 1.82) is 5.26 Å². The summed E-state index contributed by atoms with van der Waals surface area (Å²) in [5.74, 6) is -0.444. The zero-order valence-electron chi connectivity index (χ0n) is 21.3. The lowest BCUT2D eigenvalue weighted by atomic mass is 9.95. The van der Waals surface area contributed by atoms with E-state index in [-0.39, 0.29) is 5.92 Å². The van der Waals surface area contributed by atoms with Crippen molar-refractivity contribution in [2.45, 2.75) is 52.9 Å². The van der Waals surface area contributed by atoms with E-state index >= 15 is 0 Å². The van der Waals surface area contributed by atoms with Crippen LogP contribution in [0, 0.1) is 23.2 Å². The van der Waals surface area contributed by atoms with Crippen LogP contribution in [0.25, 0.3) is 21.1 Å². The van der Waals surface area contributed by atoms with Gasteiger partial charge >= 0.3 is 5.97 Å². The highest BCUT2D eigenvalue weighted by Crippen LogP contribution is 2.34. The summed E-state index contributed by atoms with van der Waals surface area (Å²) in [4.78, 5) is 13.7. The predicted molar refractivity (Wildman–Crippen MR) is 144 cm³/mol. The van der Waals surface area contributed by atoms with E-state index < -0.39 is 5.97 Å². The number of hydrogen-bond donors (Lipinski definition) is 1. The van der Waals surface area contributed by atoms with Gasteiger partial charge in [-0.15, -0.1) is 10.2 Å². The van der Waals surface area contributed by atoms with Gasteiger partial charge in [0.15, 0.2) is 0 Å². The molecular formula is C29H34N4O2S. The van der Waals surface area contributed by atoms with Gasteiger partial charge in [0, 0.05) is 24.2 Å². The van der Waals surface area contributed by atoms with Crippen LogP contribution in [0.2, 0.25) is 0 Å². The summed E-state index contributed by atoms with van der Waals surface area (Å²) < 4.78 is 0. The van der Waals surface area contributed by atoms with Gasteiger partial charge in [-0.25, -0.2) is 0 Å². The number of likely N-dealkylation sites (tertiary alicyclic amines) is 1. The summed E-state index contributed by atoms with van der Waals surface area (Å²) in [7, 11) is 0. The number of carbonyl (C=O) groups is 1. The smallest absolute Gasteiger partial charge is 0.307 e. The van der Waals surface area contributed by atoms with Gasteiger partial charge in [0.05, 0.1) is 17.6 Å². The van der Waals surface area contributed by atoms with Crippen LogP contribution < -0.4 is 0 Å². The second-order valence-electron chi connectivity index (χ2n) is 10.0. The van der Waals surface area contributed by atoms with Crippen molar-refractivity contribution in [3.05, 3.63) is 58.7 Å². The summed E-state index contributed by atoms with van der Waals surface area (Å²) in [6.07, 6.45) is 4.37. The highest BCUT2D eigenvalue weighted by Gasteiger charge is 2.25. The number of carboxylic acids is 1. The van der Waals surface area contributed by atoms with Crippen molar-refractivity contribution < 1.29 is 9.90 Å². The Hall–Kier alpha value is -3.08. The average Bonchev–Trinajstić information content (AvgIpc) is 3.37. The summed E-state index contributed by atoms with van der Waals surface area (Å²) in [5, 5.41) is 29.8. The highest BCUT2D eigenvalue weighted by molar-refractivity contribution is 7.17. The third-order valence-corrected chi connectivity index (χ3v) is 7.95. The molecule has 0 amide bonds. The van der Waals surface area contributed by atoms with Gasteiger partial charge in [-0.2, -0.15) is 5.26 Å². The quantitative estimate of drug-likeness (QED) is 0.395. The number of aliphatic carboxylic acids is 1. The molecule has 2 heterocycles. The number of benzene rings is 2. The van der Waals surface area contributed by atoms with Gasteiger partial charge in [-0.05, 0) is 67.3 Å². The Labute approximate surface area is 217 Å². The fourth-order valence-electron chi connectivity index (χ4n) is 5.11. The fraction of sp³-hybridized carbons (Fsp3) is 0.448. The largest absolute Gasteiger partial charge is 0.481 e. The first-order valence-corrected chi connectivity index (χ1v) is 13.6. The number of nitriles is 1. The maximum atomic E-state index is 11.4. The van der Waals surface area contributed by atoms with Crippen LogP contribution in [0.4, 0.5) is 0 Å². The standard InChI is InChI=1S/C29H34N4O2S/c1-4-25-20(12-14-33-13-6-8-23(18-33)29(34)35)7-5-9-26(25)28-32-31-27(36-28)22-11-10-21(15-19(2)3)24(16-22)17-30/h5,7,9-11,16,19,23H,4,6,8,12-15,18H2,1-3H3,(H,34,35)/t23-/m0/s1. The van der Waals surface area contributed by atoms with E-state index in [0.29, 0.717) is 18.0 Å². The van der Waals surface area contributed by atoms with E-state index in [0.717, 1.165) is 71.9 Å². The van der Waals surface area contributed by atoms with Crippen molar-refractivity contribution in [3.8, 4) is 27.2 Å². The van der Waals surface area contributed by atoms with Gasteiger partial charge in [-0.3, -0.25) is 4.79 Å². The summed E-state index contributed by atoms with van der Waals surface area (Å²) in [6, 6.07) is 14.7. The number of hydrogen-bond acceptors (Lipinski definition) is 6. The summed E-state index contributed by atoms with van der Waals surface area (Å²) in [5.41, 5.74) is 6.38. The number of piperidine rings is 1. The van der Waals surface area contributed by atoms with E-state index in [9.17, 15) is 15.2 Å². The first-order chi connectivity index (χ1) is 17.4. The molecule has 1 aliphatic rings. The van der Waals surface area contributed by atoms with Gasteiger partial charge in [-0.1, -0.05) is 62.4 Å². The van der Waals surface area contributed by atoms with E-state index in [2.05, 4.69) is 60.1 Å². The third-order valence-electron chi connectivity index (χ3n) is 6.94. The van der Waals surface area contributed by atoms with Crippen molar-refractivity contribution in [1.82, 2.24) is 15.1 Å². The Balaban J connectivity index is 1.54. The Morgan fingerprint density at radius 3 is 2.75 bits per heavy atom. The number of nitrogens with zero attached hydrogens (tertiary/aromatic N) is 4. The molecule has 1 atom stereocenters. The SMILES string of the molecule is CCc1c(CCN2CCC[C@H](C(=O)O)C2)cccc1-c1nnc(-c2ccc(CC(C)C)c(C#N)c2)s1. The minimum Gasteiger partial charge on any atom is -0.481 e. The molecule has 1 fully saturated rings. The topological polar surface area (TPSA) is 90.1 Å². The molecular weight excluding hydrogens is 468 g/mol. The predicted octanol–water partition coefficient (Wildman–Crippen LogP) is 5.84. The fourth-order valence-corrected chi connectivity index (χ4v) is 6.00. The minimum absolute atomic E-state index is 0.253. The zero-order valence-corrected chi connectivity index (χ0v) is 22.1. The normalized spacial score (nSPS) is 16.2. The van der Waals surface area contributed by atoms with Gasteiger partial charge in [0.25, 0.3) is 0 Å². The third kappa shape index (κ3) is 6.00. The lowest BCUT2D eigenvalue weighted by Gasteiger charge is -2.30. The molecule has 1 saturated heterocycles. The maximum absolute atomic E-state index is 11.4. The van der Waals surface area contributed by atoms with Crippen LogP contribution in [-0.2, 0) is 24.1 Å². The average molecular weight is 503 g/mol. The molecule has 6 nitrogen and oxygen atoms in total. The Kier molecular flexibility index (Phi) is 8.50. The van der Waals surface area contributed by atoms with Crippen molar-refractivity contribution >= 4 is 17.3 Å². The molecule has 0 radical (unpaired) electrons. The van der Waals surface area contributed by atoms with Gasteiger partial charge in [0.2, 0.25) is 0 Å². The van der Waals surface area contributed by atoms with Gasteiger partial charge in [0.1, 0.15) is 10.0 Å². The summed E-state index contributed by atoms with van der Waals surface area (Å²) >= 11 is 1.56. The molecule has 0 saturated carbocycles. The molecule has 0 unspecified atom stereocenters. The van der Waals surface area contributed by atoms with Gasteiger partial charge < -0.3 is 10.0 Å². The number of aromatic nitrogens is 2. The minimum atomic E-state index is -0.681. The van der Waals surface area contributed by atoms with Crippen LogP contribution in [0.3, 0.4) is 0 Å². The van der Waals surface area contributed by atoms with Crippen molar-refractivity contribution in [2.24, 2.45) is 11.8 Å². The van der Waals surface area contributed by atoms with Crippen LogP contribution in [0.5, 0.6) is 0 Å². The zero-order chi connectivity index (χ0) is 25.7. The molecule has 36 heavy (non-hydrogen) atoms. The first kappa shape index (κ1) is 26.0. The molecule has 1 N–H and O–H groups in total. The Bertz CT molecular complexity index is 1260. The first-order valence-electron chi connectivity index (χ1n) is 12.8. The lowest BCUT2D eigenvalue weighted by Crippen LogP contribution is -2.39. The van der Waals surface area contributed by atoms with E-state index in [1.165, 1.54) is 11.1 Å². The summed E-state index contributed by atoms with van der Waals surface area (Å²) in [6.45, 7) is 8.94. The van der Waals surface area contributed by atoms with E-state index in [1.54, 1.807) is 11.3 Å². The maximum Gasteiger partial charge on any atom is 0.307 e. The van der Waals surface area contributed by atoms with Crippen LogP contribution in [-0.4, -0.2) is 45.8 Å². The van der Waals surface area contributed by atoms with Crippen LogP contribution >= 0.6 is 11.3 Å². The molecule has 0 aliphatic carbocycles. The molecule has 4 rings (SSSR count). The molecule has 0 spiro atoms. The Morgan fingerprint density at radius 2 is 2.03 bits per heavy atom. The molecule has 1 aromatic heterocycles. The number of carboxylic acid groups (broad SMARTS) is 1. The monoisotopic (exact) mass is 502 g/mol. The second-order valence-corrected chi connectivity index (χ2v) is 11.0. The molecule has 0 bridgehead atoms. The highest BCUT2D eigenvalue weighted by atomic mass is 32.1. The Morgan fingerprint density at radius 1 is 1.22 bits per heavy atom. The molecule has 188 valence electrons. The van der Waals surface area contributed by atoms with E-state index in [1.807, 2.05) is 18.2 Å². The number of rotatable bonds is 9. The molecule has 2 aromatic carbocycles. The lowest BCUT2D eigenvalue weighted by molar-refractivity contribution is -0.143. The molecule has 1 aliphatic heterocycles. The molecule has 3 aromatic rings.